The maximum atomic E-state index is 13.1. The second kappa shape index (κ2) is 10.4. The monoisotopic (exact) mass is 394 g/mol. The highest BCUT2D eigenvalue weighted by Gasteiger charge is 2.28. The Morgan fingerprint density at radius 2 is 1.93 bits per heavy atom. The minimum absolute atomic E-state index is 0.0713. The van der Waals surface area contributed by atoms with E-state index in [0.29, 0.717) is 18.7 Å². The predicted molar refractivity (Wildman–Crippen MR) is 109 cm³/mol. The van der Waals surface area contributed by atoms with Crippen LogP contribution in [0, 0.1) is 0 Å². The molecule has 1 unspecified atom stereocenters. The lowest BCUT2D eigenvalue weighted by Crippen LogP contribution is -2.44. The van der Waals surface area contributed by atoms with Crippen molar-refractivity contribution in [2.24, 2.45) is 0 Å². The Morgan fingerprint density at radius 1 is 1.10 bits per heavy atom. The summed E-state index contributed by atoms with van der Waals surface area (Å²) in [5, 5.41) is 5.60. The maximum absolute atomic E-state index is 13.1. The first-order valence-corrected chi connectivity index (χ1v) is 9.94. The van der Waals surface area contributed by atoms with Crippen LogP contribution in [0.25, 0.3) is 0 Å². The molecule has 7 heteroatoms. The summed E-state index contributed by atoms with van der Waals surface area (Å²) in [6.45, 7) is 1.09. The van der Waals surface area contributed by atoms with Crippen molar-refractivity contribution in [3.8, 4) is 0 Å². The minimum atomic E-state index is -0.364. The van der Waals surface area contributed by atoms with E-state index in [2.05, 4.69) is 15.6 Å². The normalized spacial score (nSPS) is 17.9. The van der Waals surface area contributed by atoms with Crippen molar-refractivity contribution >= 4 is 17.7 Å². The number of benzene rings is 1. The number of aromatic nitrogens is 1. The van der Waals surface area contributed by atoms with E-state index in [1.807, 2.05) is 30.3 Å². The van der Waals surface area contributed by atoms with Gasteiger partial charge in [0, 0.05) is 25.5 Å². The standard InChI is InChI=1S/C22H26N4O3/c27-20-14-19(17-8-3-1-4-9-17)26(13-6-2-5-12-24-20)21(28)16-25-22(29)18-10-7-11-23-15-18/h1,3-4,7-11,15,19H,2,5-6,12-14,16H2,(H,24,27)(H,25,29). The van der Waals surface area contributed by atoms with Gasteiger partial charge in [0.1, 0.15) is 0 Å². The van der Waals surface area contributed by atoms with E-state index >= 15 is 0 Å². The van der Waals surface area contributed by atoms with Crippen molar-refractivity contribution < 1.29 is 14.4 Å². The zero-order valence-corrected chi connectivity index (χ0v) is 16.3. The van der Waals surface area contributed by atoms with E-state index in [1.54, 1.807) is 23.2 Å². The van der Waals surface area contributed by atoms with Crippen LogP contribution >= 0.6 is 0 Å². The molecule has 0 bridgehead atoms. The molecule has 2 aromatic rings. The van der Waals surface area contributed by atoms with E-state index in [0.717, 1.165) is 24.8 Å². The number of pyridine rings is 1. The third kappa shape index (κ3) is 5.88. The summed E-state index contributed by atoms with van der Waals surface area (Å²) in [5.41, 5.74) is 1.32. The lowest BCUT2D eigenvalue weighted by Gasteiger charge is -2.33. The summed E-state index contributed by atoms with van der Waals surface area (Å²) >= 11 is 0. The van der Waals surface area contributed by atoms with Gasteiger partial charge < -0.3 is 15.5 Å². The highest BCUT2D eigenvalue weighted by Crippen LogP contribution is 2.25. The summed E-state index contributed by atoms with van der Waals surface area (Å²) in [4.78, 5) is 43.4. The molecule has 1 aliphatic rings. The third-order valence-corrected chi connectivity index (χ3v) is 4.98. The number of carbonyl (C=O) groups excluding carboxylic acids is 3. The number of carbonyl (C=O) groups is 3. The molecular weight excluding hydrogens is 368 g/mol. The Bertz CT molecular complexity index is 826. The Labute approximate surface area is 170 Å². The molecule has 0 aliphatic carbocycles. The number of nitrogens with one attached hydrogen (secondary N) is 2. The number of hydrogen-bond acceptors (Lipinski definition) is 4. The van der Waals surface area contributed by atoms with E-state index in [-0.39, 0.29) is 36.7 Å². The molecule has 0 spiro atoms. The zero-order valence-electron chi connectivity index (χ0n) is 16.3. The van der Waals surface area contributed by atoms with Gasteiger partial charge in [0.2, 0.25) is 11.8 Å². The van der Waals surface area contributed by atoms with Gasteiger partial charge in [-0.3, -0.25) is 19.4 Å². The van der Waals surface area contributed by atoms with Gasteiger partial charge in [-0.05, 0) is 37.0 Å². The van der Waals surface area contributed by atoms with E-state index in [4.69, 9.17) is 0 Å². The second-order valence-corrected chi connectivity index (χ2v) is 7.05. The number of amides is 3. The van der Waals surface area contributed by atoms with Crippen LogP contribution in [-0.2, 0) is 9.59 Å². The smallest absolute Gasteiger partial charge is 0.253 e. The molecule has 1 fully saturated rings. The van der Waals surface area contributed by atoms with Gasteiger partial charge in [0.25, 0.3) is 5.91 Å². The zero-order chi connectivity index (χ0) is 20.5. The van der Waals surface area contributed by atoms with Gasteiger partial charge in [-0.15, -0.1) is 0 Å². The fraction of sp³-hybridized carbons (Fsp3) is 0.364. The molecular formula is C22H26N4O3. The molecule has 0 radical (unpaired) electrons. The van der Waals surface area contributed by atoms with E-state index in [9.17, 15) is 14.4 Å². The molecule has 1 aliphatic heterocycles. The van der Waals surface area contributed by atoms with Crippen LogP contribution in [-0.4, -0.2) is 47.2 Å². The first-order valence-electron chi connectivity index (χ1n) is 9.94. The van der Waals surface area contributed by atoms with Crippen molar-refractivity contribution in [1.29, 1.82) is 0 Å². The molecule has 0 saturated carbocycles. The molecule has 152 valence electrons. The lowest BCUT2D eigenvalue weighted by molar-refractivity contribution is -0.134. The van der Waals surface area contributed by atoms with Crippen LogP contribution in [0.3, 0.4) is 0 Å². The Balaban J connectivity index is 1.75. The second-order valence-electron chi connectivity index (χ2n) is 7.05. The van der Waals surface area contributed by atoms with Crippen LogP contribution in [0.4, 0.5) is 0 Å². The average Bonchev–Trinajstić information content (AvgIpc) is 2.77. The first-order chi connectivity index (χ1) is 14.1. The van der Waals surface area contributed by atoms with Gasteiger partial charge in [0.05, 0.1) is 24.6 Å². The molecule has 1 aromatic carbocycles. The third-order valence-electron chi connectivity index (χ3n) is 4.98. The van der Waals surface area contributed by atoms with E-state index < -0.39 is 0 Å². The molecule has 3 amide bonds. The summed E-state index contributed by atoms with van der Waals surface area (Å²) in [6, 6.07) is 12.5. The van der Waals surface area contributed by atoms with Crippen molar-refractivity contribution in [3.63, 3.8) is 0 Å². The molecule has 2 N–H and O–H groups in total. The molecule has 29 heavy (non-hydrogen) atoms. The Kier molecular flexibility index (Phi) is 7.33. The number of rotatable bonds is 4. The van der Waals surface area contributed by atoms with Gasteiger partial charge >= 0.3 is 0 Å². The van der Waals surface area contributed by atoms with Crippen molar-refractivity contribution in [3.05, 3.63) is 66.0 Å². The van der Waals surface area contributed by atoms with Crippen LogP contribution < -0.4 is 10.6 Å². The Hall–Kier alpha value is -3.22. The maximum Gasteiger partial charge on any atom is 0.253 e. The fourth-order valence-corrected chi connectivity index (χ4v) is 3.45. The highest BCUT2D eigenvalue weighted by molar-refractivity contribution is 5.96. The molecule has 3 rings (SSSR count). The lowest BCUT2D eigenvalue weighted by atomic mass is 10.00. The van der Waals surface area contributed by atoms with Gasteiger partial charge in [-0.1, -0.05) is 30.3 Å². The highest BCUT2D eigenvalue weighted by atomic mass is 16.2. The fourth-order valence-electron chi connectivity index (χ4n) is 3.45. The number of hydrogen-bond donors (Lipinski definition) is 2. The van der Waals surface area contributed by atoms with Gasteiger partial charge in [-0.25, -0.2) is 0 Å². The number of nitrogens with zero attached hydrogens (tertiary/aromatic N) is 2. The summed E-state index contributed by atoms with van der Waals surface area (Å²) in [6.07, 6.45) is 5.91. The van der Waals surface area contributed by atoms with Crippen molar-refractivity contribution in [1.82, 2.24) is 20.5 Å². The van der Waals surface area contributed by atoms with Crippen molar-refractivity contribution in [2.45, 2.75) is 31.7 Å². The molecule has 7 nitrogen and oxygen atoms in total. The summed E-state index contributed by atoms with van der Waals surface area (Å²) in [7, 11) is 0. The van der Waals surface area contributed by atoms with Crippen LogP contribution in [0.2, 0.25) is 0 Å². The van der Waals surface area contributed by atoms with Gasteiger partial charge in [0.15, 0.2) is 0 Å². The molecule has 2 heterocycles. The van der Waals surface area contributed by atoms with Crippen molar-refractivity contribution in [2.75, 3.05) is 19.6 Å². The van der Waals surface area contributed by atoms with Gasteiger partial charge in [-0.2, -0.15) is 0 Å². The van der Waals surface area contributed by atoms with Crippen LogP contribution in [0.5, 0.6) is 0 Å². The molecule has 1 saturated heterocycles. The summed E-state index contributed by atoms with van der Waals surface area (Å²) in [5.74, 6) is -0.621. The molecule has 1 aromatic heterocycles. The Morgan fingerprint density at radius 3 is 2.69 bits per heavy atom. The predicted octanol–water partition coefficient (Wildman–Crippen LogP) is 2.07. The summed E-state index contributed by atoms with van der Waals surface area (Å²) < 4.78 is 0. The average molecular weight is 394 g/mol. The topological polar surface area (TPSA) is 91.4 Å². The minimum Gasteiger partial charge on any atom is -0.356 e. The first kappa shape index (κ1) is 20.5. The SMILES string of the molecule is O=C1CC(c2ccccc2)N(C(=O)CNC(=O)c2cccnc2)CCCCCN1. The van der Waals surface area contributed by atoms with E-state index in [1.165, 1.54) is 6.20 Å². The van der Waals surface area contributed by atoms with Crippen LogP contribution in [0.15, 0.2) is 54.9 Å². The molecule has 1 atom stereocenters. The largest absolute Gasteiger partial charge is 0.356 e. The van der Waals surface area contributed by atoms with Crippen LogP contribution in [0.1, 0.15) is 47.6 Å². The quantitative estimate of drug-likeness (QED) is 0.831.